The number of hydrogen-bond acceptors (Lipinski definition) is 3. The zero-order chi connectivity index (χ0) is 10.1. The Morgan fingerprint density at radius 2 is 2.31 bits per heavy atom. The summed E-state index contributed by atoms with van der Waals surface area (Å²) in [6.07, 6.45) is 4.32. The molecule has 0 saturated carbocycles. The van der Waals surface area contributed by atoms with E-state index in [-0.39, 0.29) is 6.61 Å². The van der Waals surface area contributed by atoms with Crippen molar-refractivity contribution in [3.05, 3.63) is 12.7 Å². The summed E-state index contributed by atoms with van der Waals surface area (Å²) in [6, 6.07) is 0. The predicted molar refractivity (Wildman–Crippen MR) is 48.5 cm³/mol. The normalized spacial score (nSPS) is 20.2. The van der Waals surface area contributed by atoms with Crippen LogP contribution in [0, 0.1) is 0 Å². The molecule has 0 radical (unpaired) electrons. The van der Waals surface area contributed by atoms with E-state index in [4.69, 9.17) is 14.9 Å². The van der Waals surface area contributed by atoms with Crippen molar-refractivity contribution in [2.45, 2.75) is 25.4 Å². The lowest BCUT2D eigenvalue weighted by atomic mass is 10.2. The van der Waals surface area contributed by atoms with Crippen LogP contribution >= 0.6 is 0 Å². The van der Waals surface area contributed by atoms with E-state index in [1.807, 2.05) is 0 Å². The van der Waals surface area contributed by atoms with Gasteiger partial charge in [0.05, 0.1) is 6.10 Å². The van der Waals surface area contributed by atoms with Crippen LogP contribution in [0.2, 0.25) is 0 Å². The largest absolute Gasteiger partial charge is 0.478 e. The number of carbonyl (C=O) groups is 1. The van der Waals surface area contributed by atoms with E-state index in [9.17, 15) is 4.79 Å². The first-order valence-corrected chi connectivity index (χ1v) is 4.28. The number of aliphatic carboxylic acids is 1. The summed E-state index contributed by atoms with van der Waals surface area (Å²) in [5.41, 5.74) is 0. The topological polar surface area (TPSA) is 66.8 Å². The Labute approximate surface area is 77.8 Å². The number of ether oxygens (including phenoxy) is 1. The maximum Gasteiger partial charge on any atom is 0.327 e. The molecule has 0 aromatic heterocycles. The summed E-state index contributed by atoms with van der Waals surface area (Å²) in [6.45, 7) is 4.12. The van der Waals surface area contributed by atoms with Gasteiger partial charge in [0.15, 0.2) is 0 Å². The molecule has 0 aromatic carbocycles. The Balaban J connectivity index is 0.000000252. The Kier molecular flexibility index (Phi) is 7.24. The highest BCUT2D eigenvalue weighted by molar-refractivity contribution is 5.78. The first-order valence-electron chi connectivity index (χ1n) is 4.28. The molecule has 2 N–H and O–H groups in total. The SMILES string of the molecule is C=CC(=O)O.OCCC1CCCO1. The standard InChI is InChI=1S/C6H12O2.C3H4O2/c7-4-3-6-2-1-5-8-6;1-2-3(4)5/h6-7H,1-5H2;2H,1H2,(H,4,5). The Morgan fingerprint density at radius 1 is 1.69 bits per heavy atom. The molecule has 1 rings (SSSR count). The highest BCUT2D eigenvalue weighted by Crippen LogP contribution is 2.13. The first kappa shape index (κ1) is 12.1. The molecule has 1 atom stereocenters. The molecule has 1 heterocycles. The molecule has 0 amide bonds. The van der Waals surface area contributed by atoms with Crippen molar-refractivity contribution in [3.8, 4) is 0 Å². The van der Waals surface area contributed by atoms with Gasteiger partial charge in [-0.05, 0) is 19.3 Å². The lowest BCUT2D eigenvalue weighted by molar-refractivity contribution is -0.131. The van der Waals surface area contributed by atoms with Gasteiger partial charge in [0.1, 0.15) is 0 Å². The minimum Gasteiger partial charge on any atom is -0.478 e. The average molecular weight is 188 g/mol. The molecular formula is C9H16O4. The molecule has 1 unspecified atom stereocenters. The fourth-order valence-corrected chi connectivity index (χ4v) is 1.02. The summed E-state index contributed by atoms with van der Waals surface area (Å²) < 4.78 is 5.23. The second-order valence-electron chi connectivity index (χ2n) is 2.69. The quantitative estimate of drug-likeness (QED) is 0.643. The number of carboxylic acid groups (broad SMARTS) is 1. The lowest BCUT2D eigenvalue weighted by Gasteiger charge is -2.03. The molecule has 0 aromatic rings. The van der Waals surface area contributed by atoms with Crippen molar-refractivity contribution >= 4 is 5.97 Å². The van der Waals surface area contributed by atoms with Crippen LogP contribution in [0.5, 0.6) is 0 Å². The maximum atomic E-state index is 9.25. The van der Waals surface area contributed by atoms with Crippen molar-refractivity contribution in [3.63, 3.8) is 0 Å². The molecule has 1 saturated heterocycles. The van der Waals surface area contributed by atoms with Crippen LogP contribution in [0.3, 0.4) is 0 Å². The highest BCUT2D eigenvalue weighted by Gasteiger charge is 2.13. The van der Waals surface area contributed by atoms with E-state index in [0.29, 0.717) is 6.10 Å². The predicted octanol–water partition coefficient (Wildman–Crippen LogP) is 0.805. The van der Waals surface area contributed by atoms with Gasteiger partial charge in [-0.1, -0.05) is 6.58 Å². The monoisotopic (exact) mass is 188 g/mol. The molecule has 0 bridgehead atoms. The van der Waals surface area contributed by atoms with Gasteiger partial charge in [0.25, 0.3) is 0 Å². The van der Waals surface area contributed by atoms with Gasteiger partial charge in [0, 0.05) is 19.3 Å². The molecule has 4 nitrogen and oxygen atoms in total. The van der Waals surface area contributed by atoms with E-state index in [2.05, 4.69) is 6.58 Å². The lowest BCUT2D eigenvalue weighted by Crippen LogP contribution is -2.06. The Bertz CT molecular complexity index is 150. The summed E-state index contributed by atoms with van der Waals surface area (Å²) in [4.78, 5) is 9.25. The number of aliphatic hydroxyl groups is 1. The second-order valence-corrected chi connectivity index (χ2v) is 2.69. The summed E-state index contributed by atoms with van der Waals surface area (Å²) in [5, 5.41) is 16.1. The molecule has 1 fully saturated rings. The van der Waals surface area contributed by atoms with Crippen LogP contribution < -0.4 is 0 Å². The van der Waals surface area contributed by atoms with Crippen LogP contribution in [-0.4, -0.2) is 35.5 Å². The molecular weight excluding hydrogens is 172 g/mol. The van der Waals surface area contributed by atoms with Gasteiger partial charge in [0.2, 0.25) is 0 Å². The van der Waals surface area contributed by atoms with Crippen molar-refractivity contribution in [2.75, 3.05) is 13.2 Å². The third-order valence-electron chi connectivity index (χ3n) is 1.65. The van der Waals surface area contributed by atoms with E-state index in [1.54, 1.807) is 0 Å². The molecule has 1 aliphatic rings. The number of aliphatic hydroxyl groups excluding tert-OH is 1. The zero-order valence-corrected chi connectivity index (χ0v) is 7.61. The molecule has 76 valence electrons. The van der Waals surface area contributed by atoms with Gasteiger partial charge >= 0.3 is 5.97 Å². The van der Waals surface area contributed by atoms with Crippen LogP contribution in [0.4, 0.5) is 0 Å². The van der Waals surface area contributed by atoms with E-state index in [1.165, 1.54) is 6.42 Å². The van der Waals surface area contributed by atoms with Gasteiger partial charge in [-0.3, -0.25) is 0 Å². The van der Waals surface area contributed by atoms with Crippen LogP contribution in [0.25, 0.3) is 0 Å². The van der Waals surface area contributed by atoms with Gasteiger partial charge < -0.3 is 14.9 Å². The minimum atomic E-state index is -0.981. The Hall–Kier alpha value is -0.870. The van der Waals surface area contributed by atoms with Crippen LogP contribution in [0.15, 0.2) is 12.7 Å². The summed E-state index contributed by atoms with van der Waals surface area (Å²) >= 11 is 0. The van der Waals surface area contributed by atoms with E-state index >= 15 is 0 Å². The van der Waals surface area contributed by atoms with Crippen molar-refractivity contribution in [2.24, 2.45) is 0 Å². The number of hydrogen-bond donors (Lipinski definition) is 2. The molecule has 4 heteroatoms. The minimum absolute atomic E-state index is 0.269. The van der Waals surface area contributed by atoms with Gasteiger partial charge in [-0.25, -0.2) is 4.79 Å². The third kappa shape index (κ3) is 7.49. The molecule has 1 aliphatic heterocycles. The van der Waals surface area contributed by atoms with E-state index < -0.39 is 5.97 Å². The number of carboxylic acids is 1. The fraction of sp³-hybridized carbons (Fsp3) is 0.667. The molecule has 0 aliphatic carbocycles. The fourth-order valence-electron chi connectivity index (χ4n) is 1.02. The Morgan fingerprint density at radius 3 is 2.62 bits per heavy atom. The first-order chi connectivity index (χ1) is 6.20. The van der Waals surface area contributed by atoms with Crippen molar-refractivity contribution < 1.29 is 19.7 Å². The van der Waals surface area contributed by atoms with Crippen molar-refractivity contribution in [1.82, 2.24) is 0 Å². The molecule has 0 spiro atoms. The smallest absolute Gasteiger partial charge is 0.327 e. The maximum absolute atomic E-state index is 9.25. The van der Waals surface area contributed by atoms with E-state index in [0.717, 1.165) is 25.5 Å². The second kappa shape index (κ2) is 7.76. The van der Waals surface area contributed by atoms with Crippen molar-refractivity contribution in [1.29, 1.82) is 0 Å². The van der Waals surface area contributed by atoms with Crippen LogP contribution in [-0.2, 0) is 9.53 Å². The third-order valence-corrected chi connectivity index (χ3v) is 1.65. The average Bonchev–Trinajstić information content (AvgIpc) is 2.59. The van der Waals surface area contributed by atoms with Crippen LogP contribution in [0.1, 0.15) is 19.3 Å². The number of rotatable bonds is 3. The molecule has 13 heavy (non-hydrogen) atoms. The van der Waals surface area contributed by atoms with Gasteiger partial charge in [-0.15, -0.1) is 0 Å². The highest BCUT2D eigenvalue weighted by atomic mass is 16.5. The summed E-state index contributed by atoms with van der Waals surface area (Å²) in [5.74, 6) is -0.981. The summed E-state index contributed by atoms with van der Waals surface area (Å²) in [7, 11) is 0. The van der Waals surface area contributed by atoms with Gasteiger partial charge in [-0.2, -0.15) is 0 Å². The zero-order valence-electron chi connectivity index (χ0n) is 7.61.